The third-order valence-electron chi connectivity index (χ3n) is 4.29. The molecule has 1 aromatic carbocycles. The Labute approximate surface area is 143 Å². The highest BCUT2D eigenvalue weighted by Gasteiger charge is 2.26. The van der Waals surface area contributed by atoms with Crippen molar-refractivity contribution in [1.29, 1.82) is 0 Å². The van der Waals surface area contributed by atoms with E-state index in [4.69, 9.17) is 9.47 Å². The zero-order chi connectivity index (χ0) is 16.6. The molecule has 4 nitrogen and oxygen atoms in total. The van der Waals surface area contributed by atoms with Gasteiger partial charge < -0.3 is 14.8 Å². The molecular formula is C20H24N2O2. The molecule has 1 aromatic heterocycles. The van der Waals surface area contributed by atoms with Crippen LogP contribution >= 0.6 is 0 Å². The first-order chi connectivity index (χ1) is 11.9. The third-order valence-corrected chi connectivity index (χ3v) is 4.29. The van der Waals surface area contributed by atoms with Crippen molar-refractivity contribution < 1.29 is 9.47 Å². The average molecular weight is 324 g/mol. The topological polar surface area (TPSA) is 43.4 Å². The summed E-state index contributed by atoms with van der Waals surface area (Å²) in [5.74, 6) is 0.893. The van der Waals surface area contributed by atoms with Crippen LogP contribution in [0.4, 0.5) is 0 Å². The van der Waals surface area contributed by atoms with Crippen LogP contribution in [0.1, 0.15) is 30.1 Å². The van der Waals surface area contributed by atoms with Crippen molar-refractivity contribution in [2.24, 2.45) is 0 Å². The van der Waals surface area contributed by atoms with Crippen LogP contribution in [0.15, 0.2) is 54.9 Å². The van der Waals surface area contributed by atoms with Gasteiger partial charge in [0.05, 0.1) is 13.2 Å². The second kappa shape index (κ2) is 8.62. The van der Waals surface area contributed by atoms with Crippen LogP contribution in [0.25, 0.3) is 6.08 Å². The van der Waals surface area contributed by atoms with E-state index < -0.39 is 0 Å². The van der Waals surface area contributed by atoms with Gasteiger partial charge in [-0.2, -0.15) is 0 Å². The van der Waals surface area contributed by atoms with Crippen molar-refractivity contribution in [3.63, 3.8) is 0 Å². The average Bonchev–Trinajstić information content (AvgIpc) is 2.66. The molecule has 0 unspecified atom stereocenters. The van der Waals surface area contributed by atoms with Crippen LogP contribution in [0.2, 0.25) is 0 Å². The molecule has 1 aliphatic heterocycles. The number of hydrogen-bond acceptors (Lipinski definition) is 4. The number of para-hydroxylation sites is 1. The maximum absolute atomic E-state index is 5.99. The van der Waals surface area contributed by atoms with Gasteiger partial charge in [-0.1, -0.05) is 30.4 Å². The van der Waals surface area contributed by atoms with E-state index in [2.05, 4.69) is 28.5 Å². The number of ether oxygens (including phenoxy) is 2. The minimum atomic E-state index is 0.0985. The number of hydrogen-bond donors (Lipinski definition) is 1. The number of methoxy groups -OCH3 is 1. The van der Waals surface area contributed by atoms with Crippen molar-refractivity contribution in [3.8, 4) is 5.75 Å². The van der Waals surface area contributed by atoms with E-state index in [0.717, 1.165) is 37.3 Å². The van der Waals surface area contributed by atoms with Crippen LogP contribution in [0.5, 0.6) is 5.75 Å². The van der Waals surface area contributed by atoms with Gasteiger partial charge in [-0.25, -0.2) is 0 Å². The Morgan fingerprint density at radius 3 is 2.92 bits per heavy atom. The summed E-state index contributed by atoms with van der Waals surface area (Å²) in [6.45, 7) is 1.62. The second-order valence-corrected chi connectivity index (χ2v) is 5.87. The third kappa shape index (κ3) is 4.22. The van der Waals surface area contributed by atoms with Crippen molar-refractivity contribution in [2.45, 2.75) is 25.0 Å². The summed E-state index contributed by atoms with van der Waals surface area (Å²) in [7, 11) is 1.70. The fourth-order valence-corrected chi connectivity index (χ4v) is 3.08. The Kier molecular flexibility index (Phi) is 5.99. The summed E-state index contributed by atoms with van der Waals surface area (Å²) in [4.78, 5) is 4.09. The lowest BCUT2D eigenvalue weighted by Crippen LogP contribution is -2.39. The number of rotatable bonds is 6. The monoisotopic (exact) mass is 324 g/mol. The maximum atomic E-state index is 5.99. The van der Waals surface area contributed by atoms with Crippen LogP contribution < -0.4 is 10.1 Å². The van der Waals surface area contributed by atoms with E-state index in [1.807, 2.05) is 42.7 Å². The molecule has 2 aromatic rings. The van der Waals surface area contributed by atoms with Crippen molar-refractivity contribution in [1.82, 2.24) is 10.3 Å². The molecule has 1 fully saturated rings. The minimum Gasteiger partial charge on any atom is -0.496 e. The molecule has 0 bridgehead atoms. The fourth-order valence-electron chi connectivity index (χ4n) is 3.08. The van der Waals surface area contributed by atoms with Gasteiger partial charge in [0.15, 0.2) is 0 Å². The molecule has 1 saturated heterocycles. The van der Waals surface area contributed by atoms with Crippen LogP contribution in [0, 0.1) is 0 Å². The van der Waals surface area contributed by atoms with E-state index in [1.54, 1.807) is 7.11 Å². The molecule has 126 valence electrons. The smallest absolute Gasteiger partial charge is 0.126 e. The number of aromatic nitrogens is 1. The molecular weight excluding hydrogens is 300 g/mol. The Bertz CT molecular complexity index is 658. The van der Waals surface area contributed by atoms with Gasteiger partial charge in [-0.3, -0.25) is 4.98 Å². The first kappa shape index (κ1) is 16.7. The van der Waals surface area contributed by atoms with Crippen LogP contribution in [-0.2, 0) is 4.74 Å². The molecule has 4 heteroatoms. The van der Waals surface area contributed by atoms with Gasteiger partial charge in [-0.05, 0) is 36.6 Å². The molecule has 1 N–H and O–H groups in total. The predicted molar refractivity (Wildman–Crippen MR) is 96.0 cm³/mol. The number of nitrogens with one attached hydrogen (secondary N) is 1. The summed E-state index contributed by atoms with van der Waals surface area (Å²) >= 11 is 0. The Morgan fingerprint density at radius 2 is 2.08 bits per heavy atom. The van der Waals surface area contributed by atoms with Crippen molar-refractivity contribution in [2.75, 3.05) is 20.3 Å². The van der Waals surface area contributed by atoms with Crippen LogP contribution in [-0.4, -0.2) is 31.3 Å². The Balaban J connectivity index is 1.59. The van der Waals surface area contributed by atoms with Crippen LogP contribution in [0.3, 0.4) is 0 Å². The standard InChI is InChI=1S/C20H24N2O2/c1-23-19-9-3-2-6-16(19)7-4-12-22-18-8-5-15-24-20(18)17-10-13-21-14-11-17/h2-4,6-7,9-11,13-14,18,20,22H,5,8,12,15H2,1H3/b7-4+/t18-,20+/m1/s1. The molecule has 2 atom stereocenters. The predicted octanol–water partition coefficient (Wildman–Crippen LogP) is 3.61. The van der Waals surface area contributed by atoms with Gasteiger partial charge in [0.1, 0.15) is 5.75 Å². The van der Waals surface area contributed by atoms with E-state index in [0.29, 0.717) is 6.04 Å². The summed E-state index contributed by atoms with van der Waals surface area (Å²) in [5, 5.41) is 3.60. The lowest BCUT2D eigenvalue weighted by Gasteiger charge is -2.32. The van der Waals surface area contributed by atoms with Crippen molar-refractivity contribution >= 4 is 6.08 Å². The molecule has 1 aliphatic rings. The lowest BCUT2D eigenvalue weighted by molar-refractivity contribution is -0.00970. The number of benzene rings is 1. The zero-order valence-corrected chi connectivity index (χ0v) is 14.0. The maximum Gasteiger partial charge on any atom is 0.126 e. The molecule has 2 heterocycles. The van der Waals surface area contributed by atoms with E-state index >= 15 is 0 Å². The Hall–Kier alpha value is -2.17. The van der Waals surface area contributed by atoms with Gasteiger partial charge >= 0.3 is 0 Å². The molecule has 0 radical (unpaired) electrons. The van der Waals surface area contributed by atoms with E-state index in [-0.39, 0.29) is 6.10 Å². The van der Waals surface area contributed by atoms with Crippen molar-refractivity contribution in [3.05, 3.63) is 66.0 Å². The largest absolute Gasteiger partial charge is 0.496 e. The zero-order valence-electron chi connectivity index (χ0n) is 14.0. The van der Waals surface area contributed by atoms with Gasteiger partial charge in [0.2, 0.25) is 0 Å². The fraction of sp³-hybridized carbons (Fsp3) is 0.350. The normalized spacial score (nSPS) is 21.0. The summed E-state index contributed by atoms with van der Waals surface area (Å²) < 4.78 is 11.4. The summed E-state index contributed by atoms with van der Waals surface area (Å²) in [5.41, 5.74) is 2.28. The lowest BCUT2D eigenvalue weighted by atomic mass is 9.96. The highest BCUT2D eigenvalue weighted by atomic mass is 16.5. The highest BCUT2D eigenvalue weighted by Crippen LogP contribution is 2.28. The van der Waals surface area contributed by atoms with Gasteiger partial charge in [0.25, 0.3) is 0 Å². The molecule has 24 heavy (non-hydrogen) atoms. The Morgan fingerprint density at radius 1 is 1.25 bits per heavy atom. The highest BCUT2D eigenvalue weighted by molar-refractivity contribution is 5.57. The summed E-state index contributed by atoms with van der Waals surface area (Å²) in [6.07, 6.45) is 10.2. The summed E-state index contributed by atoms with van der Waals surface area (Å²) in [6, 6.07) is 12.4. The van der Waals surface area contributed by atoms with Gasteiger partial charge in [0, 0.05) is 37.2 Å². The molecule has 0 saturated carbocycles. The quantitative estimate of drug-likeness (QED) is 0.881. The van der Waals surface area contributed by atoms with E-state index in [1.165, 1.54) is 5.56 Å². The SMILES string of the molecule is COc1ccccc1/C=C/CN[C@@H]1CCCO[C@H]1c1ccncc1. The molecule has 3 rings (SSSR count). The molecule has 0 aliphatic carbocycles. The van der Waals surface area contributed by atoms with E-state index in [9.17, 15) is 0 Å². The minimum absolute atomic E-state index is 0.0985. The molecule has 0 amide bonds. The molecule has 0 spiro atoms. The first-order valence-electron chi connectivity index (χ1n) is 8.43. The number of nitrogens with zero attached hydrogens (tertiary/aromatic N) is 1. The number of pyridine rings is 1. The van der Waals surface area contributed by atoms with Gasteiger partial charge in [-0.15, -0.1) is 0 Å². The second-order valence-electron chi connectivity index (χ2n) is 5.87. The first-order valence-corrected chi connectivity index (χ1v) is 8.43.